The second-order valence-corrected chi connectivity index (χ2v) is 9.59. The number of anilines is 1. The highest BCUT2D eigenvalue weighted by Gasteiger charge is 2.22. The smallest absolute Gasteiger partial charge is 0.243 e. The Morgan fingerprint density at radius 3 is 2.61 bits per heavy atom. The standard InChI is InChI=1S/C20H25N5O4S2/c1-5-25(6-2)31(27,28)16-9-7-8-15(12-16)21-18(26)13-30-20-23-22-19(24(20)4)17-10-11-29-14(17)3/h7-12H,5-6,13H2,1-4H3,(H,21,26). The number of furan rings is 1. The van der Waals surface area contributed by atoms with Crippen LogP contribution >= 0.6 is 11.8 Å². The summed E-state index contributed by atoms with van der Waals surface area (Å²) >= 11 is 1.24. The van der Waals surface area contributed by atoms with E-state index in [0.717, 1.165) is 11.3 Å². The summed E-state index contributed by atoms with van der Waals surface area (Å²) in [6.07, 6.45) is 1.59. The zero-order chi connectivity index (χ0) is 22.6. The van der Waals surface area contributed by atoms with Crippen molar-refractivity contribution in [1.29, 1.82) is 0 Å². The Morgan fingerprint density at radius 1 is 1.23 bits per heavy atom. The molecule has 166 valence electrons. The topological polar surface area (TPSA) is 110 Å². The molecule has 1 amide bonds. The first-order valence-corrected chi connectivity index (χ1v) is 12.2. The quantitative estimate of drug-likeness (QED) is 0.485. The number of carbonyl (C=O) groups excluding carboxylic acids is 1. The Balaban J connectivity index is 1.66. The van der Waals surface area contributed by atoms with Gasteiger partial charge in [0, 0.05) is 25.8 Å². The van der Waals surface area contributed by atoms with Crippen LogP contribution in [0.4, 0.5) is 5.69 Å². The van der Waals surface area contributed by atoms with Crippen LogP contribution in [-0.4, -0.2) is 52.2 Å². The van der Waals surface area contributed by atoms with E-state index in [4.69, 9.17) is 4.42 Å². The maximum Gasteiger partial charge on any atom is 0.243 e. The third-order valence-corrected chi connectivity index (χ3v) is 7.79. The molecule has 0 fully saturated rings. The van der Waals surface area contributed by atoms with E-state index in [1.807, 2.05) is 20.0 Å². The highest BCUT2D eigenvalue weighted by atomic mass is 32.2. The molecule has 31 heavy (non-hydrogen) atoms. The third-order valence-electron chi connectivity index (χ3n) is 4.73. The number of sulfonamides is 1. The number of aryl methyl sites for hydroxylation is 1. The van der Waals surface area contributed by atoms with Gasteiger partial charge in [-0.2, -0.15) is 4.31 Å². The highest BCUT2D eigenvalue weighted by molar-refractivity contribution is 7.99. The van der Waals surface area contributed by atoms with Crippen LogP contribution in [0.25, 0.3) is 11.4 Å². The molecule has 0 aliphatic rings. The second kappa shape index (κ2) is 9.67. The number of hydrogen-bond acceptors (Lipinski definition) is 7. The summed E-state index contributed by atoms with van der Waals surface area (Å²) in [6, 6.07) is 8.09. The highest BCUT2D eigenvalue weighted by Crippen LogP contribution is 2.26. The monoisotopic (exact) mass is 463 g/mol. The second-order valence-electron chi connectivity index (χ2n) is 6.71. The van der Waals surface area contributed by atoms with Crippen molar-refractivity contribution < 1.29 is 17.6 Å². The van der Waals surface area contributed by atoms with Gasteiger partial charge in [0.05, 0.1) is 22.5 Å². The van der Waals surface area contributed by atoms with Gasteiger partial charge in [-0.25, -0.2) is 8.42 Å². The van der Waals surface area contributed by atoms with Gasteiger partial charge in [0.2, 0.25) is 15.9 Å². The number of carbonyl (C=O) groups is 1. The minimum Gasteiger partial charge on any atom is -0.469 e. The van der Waals surface area contributed by atoms with Gasteiger partial charge < -0.3 is 14.3 Å². The zero-order valence-corrected chi connectivity index (χ0v) is 19.5. The lowest BCUT2D eigenvalue weighted by Gasteiger charge is -2.18. The summed E-state index contributed by atoms with van der Waals surface area (Å²) in [5.74, 6) is 1.22. The fraction of sp³-hybridized carbons (Fsp3) is 0.350. The van der Waals surface area contributed by atoms with Gasteiger partial charge in [-0.3, -0.25) is 4.79 Å². The summed E-state index contributed by atoms with van der Waals surface area (Å²) in [5.41, 5.74) is 1.27. The molecule has 2 heterocycles. The van der Waals surface area contributed by atoms with Crippen LogP contribution in [0.5, 0.6) is 0 Å². The number of amides is 1. The first kappa shape index (κ1) is 23.0. The predicted molar refractivity (Wildman–Crippen MR) is 119 cm³/mol. The third kappa shape index (κ3) is 5.00. The molecule has 0 aliphatic heterocycles. The molecule has 11 heteroatoms. The molecule has 9 nitrogen and oxygen atoms in total. The molecule has 0 atom stereocenters. The summed E-state index contributed by atoms with van der Waals surface area (Å²) in [4.78, 5) is 12.6. The molecule has 1 N–H and O–H groups in total. The maximum atomic E-state index is 12.7. The van der Waals surface area contributed by atoms with Crippen molar-refractivity contribution in [3.8, 4) is 11.4 Å². The number of nitrogens with zero attached hydrogens (tertiary/aromatic N) is 4. The average molecular weight is 464 g/mol. The van der Waals surface area contributed by atoms with Crippen LogP contribution in [-0.2, 0) is 21.9 Å². The van der Waals surface area contributed by atoms with Gasteiger partial charge in [0.1, 0.15) is 5.76 Å². The van der Waals surface area contributed by atoms with Crippen molar-refractivity contribution in [3.05, 3.63) is 42.4 Å². The van der Waals surface area contributed by atoms with Crippen LogP contribution < -0.4 is 5.32 Å². The SMILES string of the molecule is CCN(CC)S(=O)(=O)c1cccc(NC(=O)CSc2nnc(-c3ccoc3C)n2C)c1. The normalized spacial score (nSPS) is 11.8. The van der Waals surface area contributed by atoms with Crippen molar-refractivity contribution in [1.82, 2.24) is 19.1 Å². The Morgan fingerprint density at radius 2 is 1.97 bits per heavy atom. The average Bonchev–Trinajstić information content (AvgIpc) is 3.32. The minimum atomic E-state index is -3.60. The van der Waals surface area contributed by atoms with E-state index < -0.39 is 10.0 Å². The van der Waals surface area contributed by atoms with E-state index in [1.54, 1.807) is 36.8 Å². The van der Waals surface area contributed by atoms with E-state index in [2.05, 4.69) is 15.5 Å². The van der Waals surface area contributed by atoms with E-state index in [1.165, 1.54) is 28.2 Å². The molecule has 0 unspecified atom stereocenters. The predicted octanol–water partition coefficient (Wildman–Crippen LogP) is 3.14. The Hall–Kier alpha value is -2.63. The van der Waals surface area contributed by atoms with Crippen LogP contribution in [0.2, 0.25) is 0 Å². The summed E-state index contributed by atoms with van der Waals surface area (Å²) in [7, 11) is -1.77. The molecule has 0 saturated heterocycles. The van der Waals surface area contributed by atoms with Gasteiger partial charge in [0.15, 0.2) is 11.0 Å². The fourth-order valence-corrected chi connectivity index (χ4v) is 5.28. The maximum absolute atomic E-state index is 12.7. The summed E-state index contributed by atoms with van der Waals surface area (Å²) in [5, 5.41) is 11.7. The van der Waals surface area contributed by atoms with Crippen LogP contribution in [0, 0.1) is 6.92 Å². The molecule has 3 aromatic rings. The number of nitrogens with one attached hydrogen (secondary N) is 1. The molecule has 3 rings (SSSR count). The first-order valence-electron chi connectivity index (χ1n) is 9.74. The van der Waals surface area contributed by atoms with Crippen LogP contribution in [0.15, 0.2) is 51.1 Å². The Labute approximate surface area is 185 Å². The number of aromatic nitrogens is 3. The Bertz CT molecular complexity index is 1170. The van der Waals surface area contributed by atoms with E-state index in [0.29, 0.717) is 29.8 Å². The molecule has 0 radical (unpaired) electrons. The molecule has 1 aromatic carbocycles. The fourth-order valence-electron chi connectivity index (χ4n) is 3.07. The largest absolute Gasteiger partial charge is 0.469 e. The molecule has 0 aliphatic carbocycles. The number of rotatable bonds is 9. The van der Waals surface area contributed by atoms with E-state index >= 15 is 0 Å². The van der Waals surface area contributed by atoms with E-state index in [-0.39, 0.29) is 16.6 Å². The summed E-state index contributed by atoms with van der Waals surface area (Å²) < 4.78 is 33.9. The molecule has 2 aromatic heterocycles. The molecule has 0 saturated carbocycles. The molecular weight excluding hydrogens is 438 g/mol. The van der Waals surface area contributed by atoms with Crippen molar-refractivity contribution in [2.75, 3.05) is 24.2 Å². The van der Waals surface area contributed by atoms with Crippen LogP contribution in [0.1, 0.15) is 19.6 Å². The van der Waals surface area contributed by atoms with Gasteiger partial charge in [-0.1, -0.05) is 31.7 Å². The zero-order valence-electron chi connectivity index (χ0n) is 17.8. The lowest BCUT2D eigenvalue weighted by Crippen LogP contribution is -2.30. The minimum absolute atomic E-state index is 0.101. The van der Waals surface area contributed by atoms with Crippen molar-refractivity contribution in [2.24, 2.45) is 7.05 Å². The molecule has 0 spiro atoms. The number of hydrogen-bond donors (Lipinski definition) is 1. The molecule has 0 bridgehead atoms. The summed E-state index contributed by atoms with van der Waals surface area (Å²) in [6.45, 7) is 6.18. The Kier molecular flexibility index (Phi) is 7.19. The van der Waals surface area contributed by atoms with Crippen molar-refractivity contribution >= 4 is 33.4 Å². The van der Waals surface area contributed by atoms with Crippen molar-refractivity contribution in [3.63, 3.8) is 0 Å². The van der Waals surface area contributed by atoms with Crippen molar-refractivity contribution in [2.45, 2.75) is 30.8 Å². The van der Waals surface area contributed by atoms with Gasteiger partial charge in [0.25, 0.3) is 0 Å². The number of thioether (sulfide) groups is 1. The van der Waals surface area contributed by atoms with E-state index in [9.17, 15) is 13.2 Å². The van der Waals surface area contributed by atoms with Crippen LogP contribution in [0.3, 0.4) is 0 Å². The first-order chi connectivity index (χ1) is 14.8. The number of benzene rings is 1. The van der Waals surface area contributed by atoms with Gasteiger partial charge >= 0.3 is 0 Å². The lowest BCUT2D eigenvalue weighted by atomic mass is 10.2. The molecular formula is C20H25N5O4S2. The lowest BCUT2D eigenvalue weighted by molar-refractivity contribution is -0.113. The van der Waals surface area contributed by atoms with Gasteiger partial charge in [-0.15, -0.1) is 10.2 Å². The van der Waals surface area contributed by atoms with Gasteiger partial charge in [-0.05, 0) is 31.2 Å².